The quantitative estimate of drug-likeness (QED) is 0.579. The lowest BCUT2D eigenvalue weighted by Gasteiger charge is -1.98. The molecule has 0 saturated carbocycles. The number of aryl methyl sites for hydroxylation is 1. The SMILES string of the molecule is Cc1c(C(=O)Nc2nc3ccccc3s2)oc2c(F)cccc12. The smallest absolute Gasteiger partial charge is 0.293 e. The lowest BCUT2D eigenvalue weighted by molar-refractivity contribution is 0.0997. The van der Waals surface area contributed by atoms with E-state index in [1.54, 1.807) is 19.1 Å². The second-order valence-electron chi connectivity index (χ2n) is 5.11. The Bertz CT molecular complexity index is 1020. The van der Waals surface area contributed by atoms with Gasteiger partial charge in [0.05, 0.1) is 10.2 Å². The van der Waals surface area contributed by atoms with Crippen LogP contribution in [-0.4, -0.2) is 10.9 Å². The molecule has 0 fully saturated rings. The number of amides is 1. The van der Waals surface area contributed by atoms with Crippen molar-refractivity contribution in [3.05, 3.63) is 59.6 Å². The van der Waals surface area contributed by atoms with Crippen molar-refractivity contribution in [2.24, 2.45) is 0 Å². The van der Waals surface area contributed by atoms with Crippen LogP contribution in [0, 0.1) is 12.7 Å². The fourth-order valence-corrected chi connectivity index (χ4v) is 3.37. The van der Waals surface area contributed by atoms with Crippen LogP contribution in [-0.2, 0) is 0 Å². The highest BCUT2D eigenvalue weighted by Gasteiger charge is 2.20. The van der Waals surface area contributed by atoms with Gasteiger partial charge in [-0.3, -0.25) is 10.1 Å². The van der Waals surface area contributed by atoms with Crippen molar-refractivity contribution in [2.75, 3.05) is 5.32 Å². The first-order chi connectivity index (χ1) is 11.1. The number of carbonyl (C=O) groups is 1. The first-order valence-corrected chi connectivity index (χ1v) is 7.79. The average molecular weight is 326 g/mol. The van der Waals surface area contributed by atoms with Crippen molar-refractivity contribution < 1.29 is 13.6 Å². The van der Waals surface area contributed by atoms with E-state index < -0.39 is 11.7 Å². The number of halogens is 1. The van der Waals surface area contributed by atoms with Gasteiger partial charge in [-0.15, -0.1) is 0 Å². The lowest BCUT2D eigenvalue weighted by Crippen LogP contribution is -2.11. The number of nitrogens with zero attached hydrogens (tertiary/aromatic N) is 1. The molecule has 114 valence electrons. The second-order valence-corrected chi connectivity index (χ2v) is 6.14. The molecule has 0 radical (unpaired) electrons. The van der Waals surface area contributed by atoms with Crippen molar-refractivity contribution in [1.82, 2.24) is 4.98 Å². The van der Waals surface area contributed by atoms with Crippen molar-refractivity contribution in [3.8, 4) is 0 Å². The van der Waals surface area contributed by atoms with Crippen LogP contribution in [0.15, 0.2) is 46.9 Å². The first kappa shape index (κ1) is 13.9. The molecule has 1 amide bonds. The molecule has 23 heavy (non-hydrogen) atoms. The molecule has 2 aromatic carbocycles. The number of anilines is 1. The highest BCUT2D eigenvalue weighted by atomic mass is 32.1. The maximum absolute atomic E-state index is 13.8. The topological polar surface area (TPSA) is 55.1 Å². The summed E-state index contributed by atoms with van der Waals surface area (Å²) in [5, 5.41) is 3.80. The molecule has 6 heteroatoms. The maximum atomic E-state index is 13.8. The number of rotatable bonds is 2. The molecule has 0 saturated heterocycles. The Morgan fingerprint density at radius 1 is 1.22 bits per heavy atom. The molecule has 2 heterocycles. The van der Waals surface area contributed by atoms with Crippen molar-refractivity contribution in [3.63, 3.8) is 0 Å². The molecule has 1 N–H and O–H groups in total. The molecule has 0 aliphatic rings. The molecule has 4 aromatic rings. The fraction of sp³-hybridized carbons (Fsp3) is 0.0588. The first-order valence-electron chi connectivity index (χ1n) is 6.98. The second kappa shape index (κ2) is 5.17. The summed E-state index contributed by atoms with van der Waals surface area (Å²) in [5.74, 6) is -0.814. The number of hydrogen-bond donors (Lipinski definition) is 1. The summed E-state index contributed by atoms with van der Waals surface area (Å²) in [4.78, 5) is 16.8. The van der Waals surface area contributed by atoms with Crippen LogP contribution in [0.2, 0.25) is 0 Å². The van der Waals surface area contributed by atoms with E-state index in [1.807, 2.05) is 24.3 Å². The molecule has 4 nitrogen and oxygen atoms in total. The third kappa shape index (κ3) is 2.27. The zero-order valence-electron chi connectivity index (χ0n) is 12.1. The zero-order valence-corrected chi connectivity index (χ0v) is 12.9. The Labute approximate surface area is 134 Å². The van der Waals surface area contributed by atoms with Gasteiger partial charge in [-0.1, -0.05) is 35.6 Å². The Kier molecular flexibility index (Phi) is 3.12. The summed E-state index contributed by atoms with van der Waals surface area (Å²) < 4.78 is 20.2. The summed E-state index contributed by atoms with van der Waals surface area (Å²) in [6.45, 7) is 1.73. The molecule has 0 spiro atoms. The molecule has 0 bridgehead atoms. The minimum Gasteiger partial charge on any atom is -0.448 e. The monoisotopic (exact) mass is 326 g/mol. The molecule has 0 aliphatic heterocycles. The van der Waals surface area contributed by atoms with Gasteiger partial charge < -0.3 is 4.42 Å². The van der Waals surface area contributed by atoms with Crippen LogP contribution in [0.5, 0.6) is 0 Å². The van der Waals surface area contributed by atoms with E-state index in [4.69, 9.17) is 4.42 Å². The van der Waals surface area contributed by atoms with E-state index in [-0.39, 0.29) is 11.3 Å². The van der Waals surface area contributed by atoms with Gasteiger partial charge in [0.15, 0.2) is 22.3 Å². The number of aromatic nitrogens is 1. The molecule has 0 atom stereocenters. The highest BCUT2D eigenvalue weighted by Crippen LogP contribution is 2.29. The summed E-state index contributed by atoms with van der Waals surface area (Å²) in [6.07, 6.45) is 0. The van der Waals surface area contributed by atoms with Gasteiger partial charge in [-0.25, -0.2) is 9.37 Å². The van der Waals surface area contributed by atoms with E-state index in [0.29, 0.717) is 16.1 Å². The van der Waals surface area contributed by atoms with Gasteiger partial charge >= 0.3 is 0 Å². The van der Waals surface area contributed by atoms with Crippen LogP contribution < -0.4 is 5.32 Å². The normalized spacial score (nSPS) is 11.2. The summed E-state index contributed by atoms with van der Waals surface area (Å²) in [6, 6.07) is 12.2. The third-order valence-corrected chi connectivity index (χ3v) is 4.59. The van der Waals surface area contributed by atoms with Crippen molar-refractivity contribution >= 4 is 43.6 Å². The number of para-hydroxylation sites is 2. The molecule has 4 rings (SSSR count). The van der Waals surface area contributed by atoms with Gasteiger partial charge in [-0.05, 0) is 25.1 Å². The number of nitrogens with one attached hydrogen (secondary N) is 1. The van der Waals surface area contributed by atoms with Crippen LogP contribution in [0.1, 0.15) is 16.1 Å². The van der Waals surface area contributed by atoms with Crippen LogP contribution in [0.25, 0.3) is 21.2 Å². The number of fused-ring (bicyclic) bond motifs is 2. The zero-order chi connectivity index (χ0) is 16.0. The Balaban J connectivity index is 1.71. The van der Waals surface area contributed by atoms with Gasteiger partial charge in [0.1, 0.15) is 0 Å². The van der Waals surface area contributed by atoms with Crippen molar-refractivity contribution in [1.29, 1.82) is 0 Å². The predicted octanol–water partition coefficient (Wildman–Crippen LogP) is 4.74. The number of hydrogen-bond acceptors (Lipinski definition) is 4. The molecule has 0 unspecified atom stereocenters. The predicted molar refractivity (Wildman–Crippen MR) is 88.5 cm³/mol. The Hall–Kier alpha value is -2.73. The number of thiazole rings is 1. The minimum absolute atomic E-state index is 0.0967. The summed E-state index contributed by atoms with van der Waals surface area (Å²) in [5.41, 5.74) is 1.53. The van der Waals surface area contributed by atoms with Gasteiger partial charge in [0, 0.05) is 10.9 Å². The summed E-state index contributed by atoms with van der Waals surface area (Å²) in [7, 11) is 0. The maximum Gasteiger partial charge on any atom is 0.293 e. The largest absolute Gasteiger partial charge is 0.448 e. The van der Waals surface area contributed by atoms with Crippen LogP contribution in [0.3, 0.4) is 0 Å². The lowest BCUT2D eigenvalue weighted by atomic mass is 10.1. The van der Waals surface area contributed by atoms with Gasteiger partial charge in [-0.2, -0.15) is 0 Å². The molecular weight excluding hydrogens is 315 g/mol. The van der Waals surface area contributed by atoms with Crippen LogP contribution >= 0.6 is 11.3 Å². The average Bonchev–Trinajstić information content (AvgIpc) is 3.09. The number of furan rings is 1. The van der Waals surface area contributed by atoms with E-state index in [9.17, 15) is 9.18 Å². The minimum atomic E-state index is -0.482. The van der Waals surface area contributed by atoms with Gasteiger partial charge in [0.2, 0.25) is 0 Å². The van der Waals surface area contributed by atoms with E-state index in [1.165, 1.54) is 17.4 Å². The van der Waals surface area contributed by atoms with E-state index in [0.717, 1.165) is 10.2 Å². The molecular formula is C17H11FN2O2S. The van der Waals surface area contributed by atoms with E-state index in [2.05, 4.69) is 10.3 Å². The van der Waals surface area contributed by atoms with Crippen LogP contribution in [0.4, 0.5) is 9.52 Å². The Morgan fingerprint density at radius 3 is 2.83 bits per heavy atom. The third-order valence-electron chi connectivity index (χ3n) is 3.64. The molecule has 2 aromatic heterocycles. The standard InChI is InChI=1S/C17H11FN2O2S/c1-9-10-5-4-6-11(18)15(10)22-14(9)16(21)20-17-19-12-7-2-3-8-13(12)23-17/h2-8H,1H3,(H,19,20,21). The van der Waals surface area contributed by atoms with Crippen molar-refractivity contribution in [2.45, 2.75) is 6.92 Å². The molecule has 0 aliphatic carbocycles. The van der Waals surface area contributed by atoms with Gasteiger partial charge in [0.25, 0.3) is 5.91 Å². The van der Waals surface area contributed by atoms with E-state index >= 15 is 0 Å². The fourth-order valence-electron chi connectivity index (χ4n) is 2.51. The highest BCUT2D eigenvalue weighted by molar-refractivity contribution is 7.22. The summed E-state index contributed by atoms with van der Waals surface area (Å²) >= 11 is 1.38. The number of benzene rings is 2. The number of carbonyl (C=O) groups excluding carboxylic acids is 1. The Morgan fingerprint density at radius 2 is 2.04 bits per heavy atom.